The lowest BCUT2D eigenvalue weighted by molar-refractivity contribution is 0.243. The molecule has 96 valence electrons. The standard InChI is InChI=1S/C14H30N2/c1-3-10-15-11-6-5-7-12-16-13-8-9-14(16)4-2/h14-15H,3-13H2,1-2H3. The van der Waals surface area contributed by atoms with E-state index in [-0.39, 0.29) is 0 Å². The van der Waals surface area contributed by atoms with Gasteiger partial charge in [-0.05, 0) is 64.7 Å². The van der Waals surface area contributed by atoms with Crippen LogP contribution in [0.5, 0.6) is 0 Å². The largest absolute Gasteiger partial charge is 0.317 e. The second kappa shape index (κ2) is 9.00. The molecule has 1 fully saturated rings. The van der Waals surface area contributed by atoms with E-state index >= 15 is 0 Å². The zero-order valence-corrected chi connectivity index (χ0v) is 11.3. The summed E-state index contributed by atoms with van der Waals surface area (Å²) in [6, 6.07) is 0.901. The van der Waals surface area contributed by atoms with Crippen LogP contribution in [0.15, 0.2) is 0 Å². The van der Waals surface area contributed by atoms with Gasteiger partial charge in [0.1, 0.15) is 0 Å². The smallest absolute Gasteiger partial charge is 0.00931 e. The van der Waals surface area contributed by atoms with Gasteiger partial charge in [-0.25, -0.2) is 0 Å². The van der Waals surface area contributed by atoms with Crippen LogP contribution in [0.2, 0.25) is 0 Å². The molecular weight excluding hydrogens is 196 g/mol. The zero-order valence-electron chi connectivity index (χ0n) is 11.3. The Balaban J connectivity index is 1.90. The van der Waals surface area contributed by atoms with Crippen molar-refractivity contribution >= 4 is 0 Å². The first kappa shape index (κ1) is 14.0. The van der Waals surface area contributed by atoms with Crippen LogP contribution >= 0.6 is 0 Å². The highest BCUT2D eigenvalue weighted by molar-refractivity contribution is 4.77. The Kier molecular flexibility index (Phi) is 7.87. The van der Waals surface area contributed by atoms with Gasteiger partial charge in [0, 0.05) is 6.04 Å². The van der Waals surface area contributed by atoms with Crippen LogP contribution in [0.1, 0.15) is 58.8 Å². The third-order valence-corrected chi connectivity index (χ3v) is 3.70. The quantitative estimate of drug-likeness (QED) is 0.608. The molecule has 1 atom stereocenters. The van der Waals surface area contributed by atoms with Crippen LogP contribution in [0.4, 0.5) is 0 Å². The number of hydrogen-bond acceptors (Lipinski definition) is 2. The monoisotopic (exact) mass is 226 g/mol. The van der Waals surface area contributed by atoms with Gasteiger partial charge in [0.2, 0.25) is 0 Å². The Morgan fingerprint density at radius 3 is 2.75 bits per heavy atom. The number of rotatable bonds is 9. The van der Waals surface area contributed by atoms with Crippen molar-refractivity contribution < 1.29 is 0 Å². The van der Waals surface area contributed by atoms with E-state index in [0.29, 0.717) is 0 Å². The van der Waals surface area contributed by atoms with Crippen molar-refractivity contribution in [2.45, 2.75) is 64.8 Å². The van der Waals surface area contributed by atoms with E-state index in [9.17, 15) is 0 Å². The molecule has 0 spiro atoms. The van der Waals surface area contributed by atoms with Crippen LogP contribution in [0.3, 0.4) is 0 Å². The molecule has 1 N–H and O–H groups in total. The van der Waals surface area contributed by atoms with Gasteiger partial charge in [-0.2, -0.15) is 0 Å². The van der Waals surface area contributed by atoms with Crippen molar-refractivity contribution in [2.75, 3.05) is 26.2 Å². The summed E-state index contributed by atoms with van der Waals surface area (Å²) in [5, 5.41) is 3.47. The second-order valence-corrected chi connectivity index (χ2v) is 5.05. The molecular formula is C14H30N2. The molecule has 0 aromatic rings. The lowest BCUT2D eigenvalue weighted by atomic mass is 10.1. The summed E-state index contributed by atoms with van der Waals surface area (Å²) in [5.41, 5.74) is 0. The third kappa shape index (κ3) is 5.31. The number of unbranched alkanes of at least 4 members (excludes halogenated alkanes) is 2. The predicted octanol–water partition coefficient (Wildman–Crippen LogP) is 3.03. The minimum Gasteiger partial charge on any atom is -0.317 e. The lowest BCUT2D eigenvalue weighted by Gasteiger charge is -2.23. The van der Waals surface area contributed by atoms with Crippen LogP contribution < -0.4 is 5.32 Å². The van der Waals surface area contributed by atoms with E-state index in [1.807, 2.05) is 0 Å². The van der Waals surface area contributed by atoms with Crippen LogP contribution in [-0.4, -0.2) is 37.1 Å². The molecule has 16 heavy (non-hydrogen) atoms. The van der Waals surface area contributed by atoms with E-state index in [1.165, 1.54) is 71.1 Å². The van der Waals surface area contributed by atoms with Crippen molar-refractivity contribution in [2.24, 2.45) is 0 Å². The van der Waals surface area contributed by atoms with Gasteiger partial charge in [0.15, 0.2) is 0 Å². The Hall–Kier alpha value is -0.0800. The predicted molar refractivity (Wildman–Crippen MR) is 71.9 cm³/mol. The Morgan fingerprint density at radius 1 is 1.12 bits per heavy atom. The molecule has 1 rings (SSSR count). The highest BCUT2D eigenvalue weighted by atomic mass is 15.2. The van der Waals surface area contributed by atoms with Crippen molar-refractivity contribution in [3.63, 3.8) is 0 Å². The van der Waals surface area contributed by atoms with E-state index < -0.39 is 0 Å². The molecule has 2 nitrogen and oxygen atoms in total. The fourth-order valence-corrected chi connectivity index (χ4v) is 2.70. The van der Waals surface area contributed by atoms with E-state index in [4.69, 9.17) is 0 Å². The summed E-state index contributed by atoms with van der Waals surface area (Å²) in [6.07, 6.45) is 9.60. The molecule has 1 heterocycles. The SMILES string of the molecule is CCCNCCCCCN1CCCC1CC. The first-order valence-corrected chi connectivity index (χ1v) is 7.33. The maximum Gasteiger partial charge on any atom is 0.00931 e. The normalized spacial score (nSPS) is 21.8. The maximum absolute atomic E-state index is 3.47. The van der Waals surface area contributed by atoms with Gasteiger partial charge in [0.25, 0.3) is 0 Å². The molecule has 0 aromatic heterocycles. The molecule has 1 unspecified atom stereocenters. The van der Waals surface area contributed by atoms with Crippen molar-refractivity contribution in [3.05, 3.63) is 0 Å². The molecule has 2 heteroatoms. The van der Waals surface area contributed by atoms with Crippen molar-refractivity contribution in [1.29, 1.82) is 0 Å². The fraction of sp³-hybridized carbons (Fsp3) is 1.00. The number of likely N-dealkylation sites (tertiary alicyclic amines) is 1. The number of nitrogens with one attached hydrogen (secondary N) is 1. The molecule has 1 saturated heterocycles. The van der Waals surface area contributed by atoms with Gasteiger partial charge in [-0.1, -0.05) is 20.3 Å². The topological polar surface area (TPSA) is 15.3 Å². The first-order valence-electron chi connectivity index (χ1n) is 7.33. The minimum atomic E-state index is 0.901. The molecule has 0 aliphatic carbocycles. The maximum atomic E-state index is 3.47. The molecule has 1 aliphatic rings. The lowest BCUT2D eigenvalue weighted by Crippen LogP contribution is -2.29. The number of hydrogen-bond donors (Lipinski definition) is 1. The summed E-state index contributed by atoms with van der Waals surface area (Å²) < 4.78 is 0. The van der Waals surface area contributed by atoms with E-state index in [2.05, 4.69) is 24.1 Å². The first-order chi connectivity index (χ1) is 7.88. The van der Waals surface area contributed by atoms with Gasteiger partial charge in [0.05, 0.1) is 0 Å². The summed E-state index contributed by atoms with van der Waals surface area (Å²) in [6.45, 7) is 9.65. The molecule has 0 saturated carbocycles. The summed E-state index contributed by atoms with van der Waals surface area (Å²) in [4.78, 5) is 2.71. The average molecular weight is 226 g/mol. The molecule has 1 aliphatic heterocycles. The second-order valence-electron chi connectivity index (χ2n) is 5.05. The zero-order chi connectivity index (χ0) is 11.6. The van der Waals surface area contributed by atoms with Crippen molar-refractivity contribution in [1.82, 2.24) is 10.2 Å². The van der Waals surface area contributed by atoms with Gasteiger partial charge in [-0.3, -0.25) is 0 Å². The highest BCUT2D eigenvalue weighted by Gasteiger charge is 2.21. The summed E-state index contributed by atoms with van der Waals surface area (Å²) in [5.74, 6) is 0. The third-order valence-electron chi connectivity index (χ3n) is 3.70. The van der Waals surface area contributed by atoms with E-state index in [0.717, 1.165) is 6.04 Å². The highest BCUT2D eigenvalue weighted by Crippen LogP contribution is 2.20. The fourth-order valence-electron chi connectivity index (χ4n) is 2.70. The summed E-state index contributed by atoms with van der Waals surface area (Å²) in [7, 11) is 0. The van der Waals surface area contributed by atoms with Crippen molar-refractivity contribution in [3.8, 4) is 0 Å². The Labute approximate surface area is 102 Å². The average Bonchev–Trinajstić information content (AvgIpc) is 2.75. The van der Waals surface area contributed by atoms with E-state index in [1.54, 1.807) is 0 Å². The van der Waals surface area contributed by atoms with Gasteiger partial charge in [-0.15, -0.1) is 0 Å². The minimum absolute atomic E-state index is 0.901. The van der Waals surface area contributed by atoms with Gasteiger partial charge >= 0.3 is 0 Å². The molecule has 0 aromatic carbocycles. The Bertz CT molecular complexity index is 159. The van der Waals surface area contributed by atoms with Crippen LogP contribution in [0, 0.1) is 0 Å². The van der Waals surface area contributed by atoms with Crippen LogP contribution in [-0.2, 0) is 0 Å². The summed E-state index contributed by atoms with van der Waals surface area (Å²) >= 11 is 0. The molecule has 0 amide bonds. The molecule has 0 bridgehead atoms. The Morgan fingerprint density at radius 2 is 2.00 bits per heavy atom. The molecule has 0 radical (unpaired) electrons. The van der Waals surface area contributed by atoms with Crippen LogP contribution in [0.25, 0.3) is 0 Å². The number of nitrogens with zero attached hydrogens (tertiary/aromatic N) is 1. The van der Waals surface area contributed by atoms with Gasteiger partial charge < -0.3 is 10.2 Å².